The lowest BCUT2D eigenvalue weighted by Crippen LogP contribution is -2.40. The van der Waals surface area contributed by atoms with Gasteiger partial charge in [0.2, 0.25) is 0 Å². The molecule has 0 unspecified atom stereocenters. The minimum absolute atomic E-state index is 0.201. The van der Waals surface area contributed by atoms with E-state index in [0.29, 0.717) is 16.8 Å². The Morgan fingerprint density at radius 1 is 1.10 bits per heavy atom. The molecule has 1 heterocycles. The number of nitrogens with zero attached hydrogens (tertiary/aromatic N) is 1. The van der Waals surface area contributed by atoms with Gasteiger partial charge in [-0.3, -0.25) is 9.59 Å². The van der Waals surface area contributed by atoms with Crippen molar-refractivity contribution in [1.29, 1.82) is 0 Å². The standard InChI is InChI=1S/C27H31NO2/c1-19(14-16-24-20(2)10-9-17-27(24,4)5)13-15-23-21(3)18-25(29)28(26(23)30)22-11-7-6-8-12-22/h6-8,11-16,18H,9-10,17H2,1-5H3/b16-14+,19-13+,23-15-. The fourth-order valence-corrected chi connectivity index (χ4v) is 4.24. The van der Waals surface area contributed by atoms with Crippen LogP contribution in [0.25, 0.3) is 0 Å². The zero-order valence-corrected chi connectivity index (χ0v) is 18.7. The van der Waals surface area contributed by atoms with E-state index < -0.39 is 0 Å². The number of allylic oxidation sites excluding steroid dienone is 7. The van der Waals surface area contributed by atoms with Crippen LogP contribution in [-0.4, -0.2) is 11.8 Å². The first-order valence-corrected chi connectivity index (χ1v) is 10.6. The summed E-state index contributed by atoms with van der Waals surface area (Å²) < 4.78 is 0. The maximum Gasteiger partial charge on any atom is 0.265 e. The Kier molecular flexibility index (Phi) is 6.40. The summed E-state index contributed by atoms with van der Waals surface area (Å²) in [5.41, 5.74) is 5.97. The van der Waals surface area contributed by atoms with Crippen molar-refractivity contribution in [2.24, 2.45) is 5.41 Å². The third kappa shape index (κ3) is 4.62. The van der Waals surface area contributed by atoms with Crippen LogP contribution in [0.1, 0.15) is 53.9 Å². The number of benzene rings is 1. The van der Waals surface area contributed by atoms with Crippen LogP contribution in [-0.2, 0) is 9.59 Å². The SMILES string of the molecule is CC1=CC(=O)N(c2ccccc2)C(=O)\C1=C/C=C(C)/C=C/C1=C(C)CCCC1(C)C. The van der Waals surface area contributed by atoms with E-state index in [1.807, 2.05) is 44.2 Å². The number of carbonyl (C=O) groups is 2. The molecule has 3 rings (SSSR count). The monoisotopic (exact) mass is 401 g/mol. The molecule has 0 saturated heterocycles. The molecule has 3 nitrogen and oxygen atoms in total. The van der Waals surface area contributed by atoms with Gasteiger partial charge in [-0.1, -0.05) is 61.4 Å². The lowest BCUT2D eigenvalue weighted by atomic mass is 9.72. The average molecular weight is 402 g/mol. The van der Waals surface area contributed by atoms with Crippen LogP contribution in [0.5, 0.6) is 0 Å². The molecule has 1 aromatic rings. The Morgan fingerprint density at radius 3 is 2.47 bits per heavy atom. The normalized spacial score (nSPS) is 21.6. The molecule has 2 amide bonds. The summed E-state index contributed by atoms with van der Waals surface area (Å²) in [7, 11) is 0. The minimum atomic E-state index is -0.302. The Balaban J connectivity index is 1.86. The first-order chi connectivity index (χ1) is 14.2. The summed E-state index contributed by atoms with van der Waals surface area (Å²) in [6, 6.07) is 9.05. The fourth-order valence-electron chi connectivity index (χ4n) is 4.24. The van der Waals surface area contributed by atoms with E-state index in [0.717, 1.165) is 12.0 Å². The van der Waals surface area contributed by atoms with Gasteiger partial charge in [0, 0.05) is 11.6 Å². The molecule has 0 radical (unpaired) electrons. The van der Waals surface area contributed by atoms with E-state index in [1.54, 1.807) is 12.1 Å². The van der Waals surface area contributed by atoms with Crippen molar-refractivity contribution < 1.29 is 9.59 Å². The molecule has 0 bridgehead atoms. The molecule has 0 fully saturated rings. The van der Waals surface area contributed by atoms with E-state index in [2.05, 4.69) is 32.9 Å². The molecule has 2 aliphatic rings. The lowest BCUT2D eigenvalue weighted by molar-refractivity contribution is -0.122. The van der Waals surface area contributed by atoms with Crippen molar-refractivity contribution in [1.82, 2.24) is 0 Å². The van der Waals surface area contributed by atoms with Crippen LogP contribution in [0, 0.1) is 5.41 Å². The van der Waals surface area contributed by atoms with Crippen molar-refractivity contribution in [3.8, 4) is 0 Å². The second kappa shape index (κ2) is 8.83. The lowest BCUT2D eigenvalue weighted by Gasteiger charge is -2.32. The fraction of sp³-hybridized carbons (Fsp3) is 0.333. The van der Waals surface area contributed by atoms with Crippen LogP contribution >= 0.6 is 0 Å². The number of imide groups is 1. The maximum atomic E-state index is 13.0. The Bertz CT molecular complexity index is 1000. The Labute approximate surface area is 180 Å². The molecule has 1 aliphatic heterocycles. The molecule has 156 valence electrons. The van der Waals surface area contributed by atoms with Crippen molar-refractivity contribution in [3.63, 3.8) is 0 Å². The van der Waals surface area contributed by atoms with E-state index in [9.17, 15) is 9.59 Å². The van der Waals surface area contributed by atoms with Gasteiger partial charge < -0.3 is 0 Å². The summed E-state index contributed by atoms with van der Waals surface area (Å²) in [5.74, 6) is -0.588. The smallest absolute Gasteiger partial charge is 0.265 e. The third-order valence-corrected chi connectivity index (χ3v) is 6.00. The number of anilines is 1. The first-order valence-electron chi connectivity index (χ1n) is 10.6. The third-order valence-electron chi connectivity index (χ3n) is 6.00. The van der Waals surface area contributed by atoms with Crippen LogP contribution in [0.4, 0.5) is 5.69 Å². The molecule has 0 atom stereocenters. The van der Waals surface area contributed by atoms with Crippen molar-refractivity contribution in [2.45, 2.75) is 53.9 Å². The quantitative estimate of drug-likeness (QED) is 0.330. The number of amides is 2. The molecule has 1 aliphatic carbocycles. The zero-order chi connectivity index (χ0) is 21.9. The summed E-state index contributed by atoms with van der Waals surface area (Å²) >= 11 is 0. The first kappa shape index (κ1) is 21.8. The zero-order valence-electron chi connectivity index (χ0n) is 18.7. The Morgan fingerprint density at radius 2 is 1.80 bits per heavy atom. The molecule has 3 heteroatoms. The highest BCUT2D eigenvalue weighted by atomic mass is 16.2. The molecular formula is C27H31NO2. The van der Waals surface area contributed by atoms with E-state index >= 15 is 0 Å². The Hall–Kier alpha value is -2.94. The summed E-state index contributed by atoms with van der Waals surface area (Å²) in [6.07, 6.45) is 13.3. The molecule has 1 aromatic carbocycles. The van der Waals surface area contributed by atoms with Crippen molar-refractivity contribution in [2.75, 3.05) is 4.90 Å². The molecule has 0 aromatic heterocycles. The number of carbonyl (C=O) groups excluding carboxylic acids is 2. The van der Waals surface area contributed by atoms with Crippen LogP contribution in [0.15, 0.2) is 88.6 Å². The van der Waals surface area contributed by atoms with Gasteiger partial charge in [0.25, 0.3) is 11.8 Å². The second-order valence-electron chi connectivity index (χ2n) is 8.90. The number of para-hydroxylation sites is 1. The highest BCUT2D eigenvalue weighted by Crippen LogP contribution is 2.40. The van der Waals surface area contributed by atoms with Crippen LogP contribution in [0.2, 0.25) is 0 Å². The van der Waals surface area contributed by atoms with E-state index in [4.69, 9.17) is 0 Å². The van der Waals surface area contributed by atoms with Gasteiger partial charge in [0.1, 0.15) is 0 Å². The van der Waals surface area contributed by atoms with Gasteiger partial charge in [0.05, 0.1) is 5.69 Å². The van der Waals surface area contributed by atoms with Crippen LogP contribution in [0.3, 0.4) is 0 Å². The van der Waals surface area contributed by atoms with Gasteiger partial charge in [-0.05, 0) is 74.8 Å². The summed E-state index contributed by atoms with van der Waals surface area (Å²) in [6.45, 7) is 10.7. The van der Waals surface area contributed by atoms with Gasteiger partial charge in [0.15, 0.2) is 0 Å². The van der Waals surface area contributed by atoms with Crippen molar-refractivity contribution >= 4 is 17.5 Å². The maximum absolute atomic E-state index is 13.0. The summed E-state index contributed by atoms with van der Waals surface area (Å²) in [4.78, 5) is 26.7. The molecule has 30 heavy (non-hydrogen) atoms. The van der Waals surface area contributed by atoms with E-state index in [1.165, 1.54) is 35.0 Å². The molecular weight excluding hydrogens is 370 g/mol. The molecule has 0 N–H and O–H groups in total. The second-order valence-corrected chi connectivity index (χ2v) is 8.90. The highest BCUT2D eigenvalue weighted by Gasteiger charge is 2.30. The van der Waals surface area contributed by atoms with Gasteiger partial charge in [-0.2, -0.15) is 0 Å². The predicted molar refractivity (Wildman–Crippen MR) is 124 cm³/mol. The van der Waals surface area contributed by atoms with Crippen molar-refractivity contribution in [3.05, 3.63) is 88.6 Å². The topological polar surface area (TPSA) is 37.4 Å². The van der Waals surface area contributed by atoms with Crippen LogP contribution < -0.4 is 4.90 Å². The number of hydrogen-bond donors (Lipinski definition) is 0. The largest absolute Gasteiger partial charge is 0.269 e. The molecule has 0 spiro atoms. The number of hydrogen-bond acceptors (Lipinski definition) is 2. The molecule has 0 saturated carbocycles. The predicted octanol–water partition coefficient (Wildman–Crippen LogP) is 6.46. The minimum Gasteiger partial charge on any atom is -0.269 e. The van der Waals surface area contributed by atoms with Gasteiger partial charge in [-0.15, -0.1) is 0 Å². The highest BCUT2D eigenvalue weighted by molar-refractivity contribution is 6.28. The van der Waals surface area contributed by atoms with Gasteiger partial charge >= 0.3 is 0 Å². The number of rotatable bonds is 4. The van der Waals surface area contributed by atoms with Gasteiger partial charge in [-0.25, -0.2) is 4.90 Å². The average Bonchev–Trinajstić information content (AvgIpc) is 2.67. The summed E-state index contributed by atoms with van der Waals surface area (Å²) in [5, 5.41) is 0. The van der Waals surface area contributed by atoms with E-state index in [-0.39, 0.29) is 17.2 Å².